The van der Waals surface area contributed by atoms with Crippen LogP contribution in [0.15, 0.2) is 35.0 Å². The van der Waals surface area contributed by atoms with Gasteiger partial charge in [-0.2, -0.15) is 0 Å². The molecule has 2 aliphatic rings. The van der Waals surface area contributed by atoms with Crippen molar-refractivity contribution in [3.05, 3.63) is 41.2 Å². The van der Waals surface area contributed by atoms with Gasteiger partial charge in [-0.15, -0.1) is 0 Å². The van der Waals surface area contributed by atoms with Gasteiger partial charge in [0.2, 0.25) is 0 Å². The lowest BCUT2D eigenvalue weighted by molar-refractivity contribution is 0.116. The van der Waals surface area contributed by atoms with Crippen molar-refractivity contribution in [3.8, 4) is 0 Å². The number of rotatable bonds is 9. The zero-order chi connectivity index (χ0) is 22.5. The number of likely N-dealkylation sites (tertiary alicyclic amines) is 1. The van der Waals surface area contributed by atoms with Crippen molar-refractivity contribution in [1.29, 1.82) is 0 Å². The van der Waals surface area contributed by atoms with Gasteiger partial charge >= 0.3 is 0 Å². The number of aromatic nitrogens is 1. The van der Waals surface area contributed by atoms with E-state index in [1.165, 1.54) is 38.6 Å². The van der Waals surface area contributed by atoms with Gasteiger partial charge in [0.05, 0.1) is 11.8 Å². The van der Waals surface area contributed by atoms with E-state index in [1.807, 2.05) is 12.1 Å². The molecule has 2 heterocycles. The van der Waals surface area contributed by atoms with E-state index in [0.29, 0.717) is 17.0 Å². The number of nitrogens with one attached hydrogen (secondary N) is 1. The molecule has 1 unspecified atom stereocenters. The second-order valence-corrected chi connectivity index (χ2v) is 10.3. The number of methoxy groups -OCH3 is 1. The van der Waals surface area contributed by atoms with E-state index >= 15 is 0 Å². The van der Waals surface area contributed by atoms with E-state index < -0.39 is 0 Å². The van der Waals surface area contributed by atoms with Gasteiger partial charge in [-0.05, 0) is 89.6 Å². The van der Waals surface area contributed by atoms with Crippen LogP contribution in [0.1, 0.15) is 69.9 Å². The van der Waals surface area contributed by atoms with Crippen LogP contribution in [0.5, 0.6) is 0 Å². The van der Waals surface area contributed by atoms with Crippen molar-refractivity contribution >= 4 is 22.6 Å². The van der Waals surface area contributed by atoms with Crippen LogP contribution in [0.2, 0.25) is 5.02 Å². The minimum atomic E-state index is 0.233. The molecule has 1 aromatic carbocycles. The largest absolute Gasteiger partial charge is 0.386 e. The molecule has 2 fully saturated rings. The lowest BCUT2D eigenvalue weighted by Crippen LogP contribution is -2.36. The number of piperidine rings is 1. The second kappa shape index (κ2) is 11.0. The maximum atomic E-state index is 6.08. The van der Waals surface area contributed by atoms with Gasteiger partial charge in [0.15, 0.2) is 5.58 Å². The highest BCUT2D eigenvalue weighted by atomic mass is 35.5. The van der Waals surface area contributed by atoms with E-state index in [-0.39, 0.29) is 6.10 Å². The van der Waals surface area contributed by atoms with Gasteiger partial charge in [-0.3, -0.25) is 0 Å². The maximum absolute atomic E-state index is 6.08. The number of hydrogen-bond donors (Lipinski definition) is 1. The lowest BCUT2D eigenvalue weighted by atomic mass is 9.83. The van der Waals surface area contributed by atoms with E-state index in [2.05, 4.69) is 34.9 Å². The molecule has 2 aromatic rings. The van der Waals surface area contributed by atoms with Gasteiger partial charge in [0.25, 0.3) is 0 Å². The summed E-state index contributed by atoms with van der Waals surface area (Å²) >= 11 is 6.08. The van der Waals surface area contributed by atoms with E-state index in [1.54, 1.807) is 7.11 Å². The predicted molar refractivity (Wildman–Crippen MR) is 131 cm³/mol. The lowest BCUT2D eigenvalue weighted by Gasteiger charge is -2.34. The Hall–Kier alpha value is -1.56. The van der Waals surface area contributed by atoms with Crippen molar-refractivity contribution in [1.82, 2.24) is 15.4 Å². The van der Waals surface area contributed by atoms with Crippen LogP contribution in [0, 0.1) is 5.92 Å². The Kier molecular flexibility index (Phi) is 8.14. The molecule has 1 aliphatic carbocycles. The molecule has 1 saturated carbocycles. The first-order valence-electron chi connectivity index (χ1n) is 12.3. The van der Waals surface area contributed by atoms with Crippen molar-refractivity contribution < 1.29 is 9.26 Å². The Morgan fingerprint density at radius 3 is 2.72 bits per heavy atom. The summed E-state index contributed by atoms with van der Waals surface area (Å²) in [5.41, 5.74) is 3.04. The van der Waals surface area contributed by atoms with Gasteiger partial charge in [-0.25, -0.2) is 0 Å². The summed E-state index contributed by atoms with van der Waals surface area (Å²) in [7, 11) is 1.76. The summed E-state index contributed by atoms with van der Waals surface area (Å²) in [6.45, 7) is 9.81. The molecule has 0 radical (unpaired) electrons. The molecule has 1 aromatic heterocycles. The Morgan fingerprint density at radius 2 is 2.00 bits per heavy atom. The average molecular weight is 460 g/mol. The summed E-state index contributed by atoms with van der Waals surface area (Å²) in [5, 5.41) is 9.84. The minimum Gasteiger partial charge on any atom is -0.386 e. The fraction of sp³-hybridized carbons (Fsp3) is 0.654. The highest BCUT2D eigenvalue weighted by molar-refractivity contribution is 6.31. The summed E-state index contributed by atoms with van der Waals surface area (Å²) in [6.07, 6.45) is 9.94. The Labute approximate surface area is 197 Å². The number of ether oxygens (including phenoxy) is 1. The summed E-state index contributed by atoms with van der Waals surface area (Å²) < 4.78 is 10.9. The van der Waals surface area contributed by atoms with E-state index in [9.17, 15) is 0 Å². The zero-order valence-corrected chi connectivity index (χ0v) is 20.4. The third kappa shape index (κ3) is 6.06. The van der Waals surface area contributed by atoms with Crippen LogP contribution >= 0.6 is 11.6 Å². The third-order valence-electron chi connectivity index (χ3n) is 7.48. The van der Waals surface area contributed by atoms with E-state index in [4.69, 9.17) is 20.9 Å². The zero-order valence-electron chi connectivity index (χ0n) is 19.6. The molecule has 1 N–H and O–H groups in total. The molecule has 4 rings (SSSR count). The molecule has 1 saturated heterocycles. The molecule has 1 atom stereocenters. The molecule has 6 heteroatoms. The normalized spacial score (nSPS) is 24.0. The van der Waals surface area contributed by atoms with Gasteiger partial charge in [0.1, 0.15) is 0 Å². The number of nitrogens with zero attached hydrogens (tertiary/aromatic N) is 2. The van der Waals surface area contributed by atoms with Gasteiger partial charge < -0.3 is 19.5 Å². The van der Waals surface area contributed by atoms with Crippen LogP contribution in [-0.4, -0.2) is 48.9 Å². The molecule has 5 nitrogen and oxygen atoms in total. The standard InChI is InChI=1S/C26H38ClN3O2/c1-18(16-19(2)31-3)28-23-7-4-20(5-8-23)10-13-30-14-11-21(12-15-30)26-24-9-6-22(27)17-25(24)32-29-26/h6,9,17,19-21,23,28H,1,4-5,7-8,10-16H2,2-3H3/t19?,20-,23-. The van der Waals surface area contributed by atoms with Gasteiger partial charge in [-0.1, -0.05) is 23.3 Å². The van der Waals surface area contributed by atoms with Crippen LogP contribution in [0.3, 0.4) is 0 Å². The second-order valence-electron chi connectivity index (χ2n) is 9.83. The average Bonchev–Trinajstić information content (AvgIpc) is 3.21. The number of hydrogen-bond acceptors (Lipinski definition) is 5. The quantitative estimate of drug-likeness (QED) is 0.488. The summed E-state index contributed by atoms with van der Waals surface area (Å²) in [6, 6.07) is 6.43. The first kappa shape index (κ1) is 23.6. The van der Waals surface area contributed by atoms with Crippen molar-refractivity contribution in [2.75, 3.05) is 26.7 Å². The molecular weight excluding hydrogens is 422 g/mol. The highest BCUT2D eigenvalue weighted by Gasteiger charge is 2.26. The number of halogens is 1. The topological polar surface area (TPSA) is 50.5 Å². The first-order chi connectivity index (χ1) is 15.5. The molecule has 32 heavy (non-hydrogen) atoms. The first-order valence-corrected chi connectivity index (χ1v) is 12.6. The predicted octanol–water partition coefficient (Wildman–Crippen LogP) is 6.14. The van der Waals surface area contributed by atoms with Gasteiger partial charge in [0, 0.05) is 47.7 Å². The SMILES string of the molecule is C=C(CC(C)OC)N[C@H]1CC[C@H](CCN2CCC(c3noc4cc(Cl)ccc34)CC2)CC1. The monoisotopic (exact) mass is 459 g/mol. The molecular formula is C26H38ClN3O2. The smallest absolute Gasteiger partial charge is 0.168 e. The van der Waals surface area contributed by atoms with Crippen LogP contribution < -0.4 is 5.32 Å². The van der Waals surface area contributed by atoms with Crippen LogP contribution in [0.25, 0.3) is 11.0 Å². The molecule has 176 valence electrons. The molecule has 1 aliphatic heterocycles. The van der Waals surface area contributed by atoms with Crippen molar-refractivity contribution in [2.24, 2.45) is 5.92 Å². The van der Waals surface area contributed by atoms with Crippen molar-refractivity contribution in [3.63, 3.8) is 0 Å². The molecule has 0 amide bonds. The Morgan fingerprint density at radius 1 is 1.25 bits per heavy atom. The highest BCUT2D eigenvalue weighted by Crippen LogP contribution is 2.34. The Bertz CT molecular complexity index is 882. The molecule has 0 spiro atoms. The third-order valence-corrected chi connectivity index (χ3v) is 7.72. The van der Waals surface area contributed by atoms with Crippen LogP contribution in [0.4, 0.5) is 0 Å². The summed E-state index contributed by atoms with van der Waals surface area (Å²) in [4.78, 5) is 2.65. The fourth-order valence-electron chi connectivity index (χ4n) is 5.39. The maximum Gasteiger partial charge on any atom is 0.168 e. The number of benzene rings is 1. The Balaban J connectivity index is 1.16. The fourth-order valence-corrected chi connectivity index (χ4v) is 5.56. The molecule has 0 bridgehead atoms. The van der Waals surface area contributed by atoms with Crippen molar-refractivity contribution in [2.45, 2.75) is 76.4 Å². The minimum absolute atomic E-state index is 0.233. The summed E-state index contributed by atoms with van der Waals surface area (Å²) in [5.74, 6) is 1.35. The number of fused-ring (bicyclic) bond motifs is 1. The van der Waals surface area contributed by atoms with E-state index in [0.717, 1.165) is 60.6 Å². The van der Waals surface area contributed by atoms with Crippen LogP contribution in [-0.2, 0) is 4.74 Å².